The quantitative estimate of drug-likeness (QED) is 0.778. The van der Waals surface area contributed by atoms with Gasteiger partial charge in [0.1, 0.15) is 5.75 Å². The van der Waals surface area contributed by atoms with E-state index in [-0.39, 0.29) is 5.54 Å². The summed E-state index contributed by atoms with van der Waals surface area (Å²) in [5.41, 5.74) is 10.2. The third-order valence-corrected chi connectivity index (χ3v) is 4.89. The van der Waals surface area contributed by atoms with E-state index < -0.39 is 0 Å². The number of fused-ring (bicyclic) bond motifs is 1. The van der Waals surface area contributed by atoms with Crippen LogP contribution in [-0.2, 0) is 5.54 Å². The summed E-state index contributed by atoms with van der Waals surface area (Å²) in [5.74, 6) is 0.792. The number of pyridine rings is 1. The number of H-pyrrole nitrogens is 1. The van der Waals surface area contributed by atoms with Crippen molar-refractivity contribution in [3.63, 3.8) is 0 Å². The second-order valence-corrected chi connectivity index (χ2v) is 6.27. The van der Waals surface area contributed by atoms with E-state index in [2.05, 4.69) is 21.2 Å². The normalized spacial score (nSPS) is 16.8. The van der Waals surface area contributed by atoms with Crippen molar-refractivity contribution in [1.82, 2.24) is 15.2 Å². The van der Waals surface area contributed by atoms with Gasteiger partial charge in [0, 0.05) is 17.3 Å². The van der Waals surface area contributed by atoms with Gasteiger partial charge in [0.2, 0.25) is 0 Å². The van der Waals surface area contributed by atoms with Crippen LogP contribution in [0, 0.1) is 0 Å². The van der Waals surface area contributed by atoms with Crippen molar-refractivity contribution in [2.75, 3.05) is 7.11 Å². The highest BCUT2D eigenvalue weighted by molar-refractivity contribution is 5.92. The van der Waals surface area contributed by atoms with Gasteiger partial charge in [-0.1, -0.05) is 18.9 Å². The summed E-state index contributed by atoms with van der Waals surface area (Å²) in [6.45, 7) is 0. The van der Waals surface area contributed by atoms with Crippen molar-refractivity contribution in [2.45, 2.75) is 31.2 Å². The minimum absolute atomic E-state index is 0.204. The van der Waals surface area contributed by atoms with Gasteiger partial charge in [-0.2, -0.15) is 5.10 Å². The summed E-state index contributed by atoms with van der Waals surface area (Å²) in [6, 6.07) is 8.14. The number of nitrogens with zero attached hydrogens (tertiary/aromatic N) is 2. The number of methoxy groups -OCH3 is 1. The van der Waals surface area contributed by atoms with Crippen LogP contribution in [0.3, 0.4) is 0 Å². The highest BCUT2D eigenvalue weighted by Gasteiger charge is 2.31. The fraction of sp³-hybridized carbons (Fsp3) is 0.333. The Morgan fingerprint density at radius 3 is 2.65 bits per heavy atom. The van der Waals surface area contributed by atoms with Crippen molar-refractivity contribution in [3.8, 4) is 17.0 Å². The van der Waals surface area contributed by atoms with Crippen LogP contribution < -0.4 is 10.5 Å². The van der Waals surface area contributed by atoms with Crippen LogP contribution in [0.4, 0.5) is 0 Å². The lowest BCUT2D eigenvalue weighted by Crippen LogP contribution is -2.33. The minimum atomic E-state index is -0.204. The van der Waals surface area contributed by atoms with Crippen molar-refractivity contribution >= 4 is 10.9 Å². The first kappa shape index (κ1) is 14.2. The Labute approximate surface area is 134 Å². The molecule has 3 aromatic rings. The molecule has 0 radical (unpaired) electrons. The molecule has 23 heavy (non-hydrogen) atoms. The minimum Gasteiger partial charge on any atom is -0.495 e. The molecule has 3 N–H and O–H groups in total. The van der Waals surface area contributed by atoms with Gasteiger partial charge in [-0.25, -0.2) is 0 Å². The third kappa shape index (κ3) is 2.28. The van der Waals surface area contributed by atoms with Crippen LogP contribution in [0.25, 0.3) is 22.2 Å². The number of benzene rings is 1. The SMILES string of the molecule is COc1c(-c2ccc(C3(N)CCCC3)cn2)ccc2[nH]ncc12. The van der Waals surface area contributed by atoms with Crippen LogP contribution >= 0.6 is 0 Å². The summed E-state index contributed by atoms with van der Waals surface area (Å²) >= 11 is 0. The number of ether oxygens (including phenoxy) is 1. The average molecular weight is 308 g/mol. The highest BCUT2D eigenvalue weighted by Crippen LogP contribution is 2.38. The summed E-state index contributed by atoms with van der Waals surface area (Å²) in [5, 5.41) is 8.00. The topological polar surface area (TPSA) is 76.8 Å². The van der Waals surface area contributed by atoms with E-state index in [1.807, 2.05) is 24.4 Å². The molecule has 0 bridgehead atoms. The van der Waals surface area contributed by atoms with Crippen LogP contribution in [0.15, 0.2) is 36.7 Å². The fourth-order valence-electron chi connectivity index (χ4n) is 3.56. The first-order chi connectivity index (χ1) is 11.2. The number of hydrogen-bond acceptors (Lipinski definition) is 4. The van der Waals surface area contributed by atoms with E-state index in [1.165, 1.54) is 12.8 Å². The number of nitrogens with two attached hydrogens (primary N) is 1. The third-order valence-electron chi connectivity index (χ3n) is 4.89. The number of aromatic amines is 1. The lowest BCUT2D eigenvalue weighted by atomic mass is 9.90. The molecule has 2 heterocycles. The maximum atomic E-state index is 6.51. The van der Waals surface area contributed by atoms with Gasteiger partial charge in [0.25, 0.3) is 0 Å². The molecule has 118 valence electrons. The fourth-order valence-corrected chi connectivity index (χ4v) is 3.56. The van der Waals surface area contributed by atoms with E-state index in [4.69, 9.17) is 10.5 Å². The summed E-state index contributed by atoms with van der Waals surface area (Å²) < 4.78 is 5.60. The van der Waals surface area contributed by atoms with Crippen LogP contribution in [0.5, 0.6) is 5.75 Å². The molecule has 5 heteroatoms. The van der Waals surface area contributed by atoms with Crippen LogP contribution in [-0.4, -0.2) is 22.3 Å². The van der Waals surface area contributed by atoms with Crippen LogP contribution in [0.1, 0.15) is 31.2 Å². The molecule has 0 amide bonds. The number of rotatable bonds is 3. The van der Waals surface area contributed by atoms with Crippen LogP contribution in [0.2, 0.25) is 0 Å². The Kier molecular flexibility index (Phi) is 3.31. The predicted molar refractivity (Wildman–Crippen MR) is 90.2 cm³/mol. The number of aromatic nitrogens is 3. The summed E-state index contributed by atoms with van der Waals surface area (Å²) in [7, 11) is 1.67. The van der Waals surface area contributed by atoms with E-state index >= 15 is 0 Å². The molecule has 2 aromatic heterocycles. The van der Waals surface area contributed by atoms with Gasteiger partial charge in [0.05, 0.1) is 29.9 Å². The first-order valence-corrected chi connectivity index (χ1v) is 7.97. The maximum absolute atomic E-state index is 6.51. The van der Waals surface area contributed by atoms with E-state index in [1.54, 1.807) is 13.3 Å². The predicted octanol–water partition coefficient (Wildman–Crippen LogP) is 3.36. The molecule has 1 aromatic carbocycles. The Morgan fingerprint density at radius 1 is 1.13 bits per heavy atom. The molecule has 1 saturated carbocycles. The Balaban J connectivity index is 1.76. The molecule has 0 saturated heterocycles. The van der Waals surface area contributed by atoms with Gasteiger partial charge in [-0.05, 0) is 36.6 Å². The van der Waals surface area contributed by atoms with Crippen molar-refractivity contribution < 1.29 is 4.74 Å². The Morgan fingerprint density at radius 2 is 1.96 bits per heavy atom. The average Bonchev–Trinajstić information content (AvgIpc) is 3.23. The molecule has 1 aliphatic rings. The summed E-state index contributed by atoms with van der Waals surface area (Å²) in [6.07, 6.45) is 8.17. The molecular weight excluding hydrogens is 288 g/mol. The maximum Gasteiger partial charge on any atom is 0.139 e. The van der Waals surface area contributed by atoms with Crippen molar-refractivity contribution in [1.29, 1.82) is 0 Å². The number of hydrogen-bond donors (Lipinski definition) is 2. The first-order valence-electron chi connectivity index (χ1n) is 7.97. The number of nitrogens with one attached hydrogen (secondary N) is 1. The zero-order valence-electron chi connectivity index (χ0n) is 13.2. The lowest BCUT2D eigenvalue weighted by Gasteiger charge is -2.23. The second-order valence-electron chi connectivity index (χ2n) is 6.27. The molecule has 1 aliphatic carbocycles. The lowest BCUT2D eigenvalue weighted by molar-refractivity contribution is 0.421. The second kappa shape index (κ2) is 5.35. The smallest absolute Gasteiger partial charge is 0.139 e. The molecule has 4 rings (SSSR count). The van der Waals surface area contributed by atoms with Crippen molar-refractivity contribution in [2.24, 2.45) is 5.73 Å². The van der Waals surface area contributed by atoms with Crippen molar-refractivity contribution in [3.05, 3.63) is 42.2 Å². The zero-order valence-corrected chi connectivity index (χ0v) is 13.2. The molecule has 5 nitrogen and oxygen atoms in total. The van der Waals surface area contributed by atoms with E-state index in [9.17, 15) is 0 Å². The van der Waals surface area contributed by atoms with Gasteiger partial charge in [-0.15, -0.1) is 0 Å². The van der Waals surface area contributed by atoms with Gasteiger partial charge in [0.15, 0.2) is 0 Å². The largest absolute Gasteiger partial charge is 0.495 e. The van der Waals surface area contributed by atoms with Gasteiger partial charge < -0.3 is 10.5 Å². The Hall–Kier alpha value is -2.40. The molecule has 0 atom stereocenters. The molecule has 0 unspecified atom stereocenters. The molecule has 0 aliphatic heterocycles. The summed E-state index contributed by atoms with van der Waals surface area (Å²) in [4.78, 5) is 4.65. The van der Waals surface area contributed by atoms with E-state index in [0.717, 1.165) is 46.3 Å². The molecular formula is C18H20N4O. The zero-order chi connectivity index (χ0) is 15.9. The molecule has 1 fully saturated rings. The Bertz CT molecular complexity index is 832. The van der Waals surface area contributed by atoms with Gasteiger partial charge in [-0.3, -0.25) is 10.1 Å². The standard InChI is InChI=1S/C18H20N4O/c1-23-17-13(5-7-16-14(17)11-21-22-16)15-6-4-12(10-20-15)18(19)8-2-3-9-18/h4-7,10-11H,2-3,8-9,19H2,1H3,(H,21,22). The highest BCUT2D eigenvalue weighted by atomic mass is 16.5. The van der Waals surface area contributed by atoms with Gasteiger partial charge >= 0.3 is 0 Å². The monoisotopic (exact) mass is 308 g/mol. The molecule has 0 spiro atoms. The van der Waals surface area contributed by atoms with E-state index in [0.29, 0.717) is 0 Å².